The van der Waals surface area contributed by atoms with Crippen LogP contribution in [0.5, 0.6) is 5.75 Å². The van der Waals surface area contributed by atoms with Gasteiger partial charge < -0.3 is 15.0 Å². The fourth-order valence-corrected chi connectivity index (χ4v) is 2.39. The third-order valence-electron chi connectivity index (χ3n) is 2.44. The minimum atomic E-state index is 0.672. The molecule has 0 spiro atoms. The van der Waals surface area contributed by atoms with Gasteiger partial charge in [-0.1, -0.05) is 17.8 Å². The summed E-state index contributed by atoms with van der Waals surface area (Å²) >= 11 is 1.68. The van der Waals surface area contributed by atoms with Gasteiger partial charge in [-0.25, -0.2) is 4.98 Å². The summed E-state index contributed by atoms with van der Waals surface area (Å²) in [5, 5.41) is 0.999. The van der Waals surface area contributed by atoms with E-state index in [1.807, 2.05) is 36.0 Å². The Morgan fingerprint density at radius 1 is 1.47 bits per heavy atom. The summed E-state index contributed by atoms with van der Waals surface area (Å²) in [5.41, 5.74) is 7.69. The summed E-state index contributed by atoms with van der Waals surface area (Å²) in [7, 11) is 3.60. The second-order valence-electron chi connectivity index (χ2n) is 3.69. The lowest BCUT2D eigenvalue weighted by Gasteiger charge is -2.07. The number of rotatable bonds is 4. The van der Waals surface area contributed by atoms with Gasteiger partial charge in [0, 0.05) is 25.2 Å². The van der Waals surface area contributed by atoms with Crippen molar-refractivity contribution in [2.24, 2.45) is 7.05 Å². The smallest absolute Gasteiger partial charge is 0.167 e. The maximum Gasteiger partial charge on any atom is 0.167 e. The van der Waals surface area contributed by atoms with Gasteiger partial charge >= 0.3 is 0 Å². The Morgan fingerprint density at radius 3 is 2.88 bits per heavy atom. The minimum Gasteiger partial charge on any atom is -0.495 e. The molecule has 5 heteroatoms. The first-order valence-corrected chi connectivity index (χ1v) is 6.22. The Kier molecular flexibility index (Phi) is 3.58. The lowest BCUT2D eigenvalue weighted by Crippen LogP contribution is -1.94. The molecule has 90 valence electrons. The molecule has 1 aromatic heterocycles. The van der Waals surface area contributed by atoms with Crippen LogP contribution in [-0.4, -0.2) is 16.7 Å². The van der Waals surface area contributed by atoms with Crippen molar-refractivity contribution >= 4 is 17.4 Å². The molecular formula is C12H15N3OS. The average molecular weight is 249 g/mol. The number of imidazole rings is 1. The molecule has 0 saturated carbocycles. The number of aryl methyl sites for hydroxylation is 1. The normalized spacial score (nSPS) is 10.5. The second-order valence-corrected chi connectivity index (χ2v) is 4.63. The predicted molar refractivity (Wildman–Crippen MR) is 70.2 cm³/mol. The molecule has 1 aromatic carbocycles. The Labute approximate surface area is 105 Å². The van der Waals surface area contributed by atoms with Crippen molar-refractivity contribution < 1.29 is 4.74 Å². The van der Waals surface area contributed by atoms with E-state index in [2.05, 4.69) is 4.98 Å². The molecule has 0 aliphatic carbocycles. The highest BCUT2D eigenvalue weighted by atomic mass is 32.2. The van der Waals surface area contributed by atoms with E-state index in [4.69, 9.17) is 10.5 Å². The lowest BCUT2D eigenvalue weighted by atomic mass is 10.2. The number of ether oxygens (including phenoxy) is 1. The fraction of sp³-hybridized carbons (Fsp3) is 0.250. The SMILES string of the molecule is COc1ccc(CSc2nccn2C)cc1N. The Bertz CT molecular complexity index is 510. The third kappa shape index (κ3) is 2.74. The molecule has 2 rings (SSSR count). The molecule has 2 N–H and O–H groups in total. The van der Waals surface area contributed by atoms with Gasteiger partial charge in [-0.05, 0) is 17.7 Å². The zero-order valence-electron chi connectivity index (χ0n) is 9.88. The predicted octanol–water partition coefficient (Wildman–Crippen LogP) is 2.30. The molecule has 2 aromatic rings. The van der Waals surface area contributed by atoms with E-state index in [0.717, 1.165) is 22.2 Å². The van der Waals surface area contributed by atoms with E-state index in [9.17, 15) is 0 Å². The van der Waals surface area contributed by atoms with Gasteiger partial charge in [0.2, 0.25) is 0 Å². The van der Waals surface area contributed by atoms with Crippen molar-refractivity contribution in [2.75, 3.05) is 12.8 Å². The van der Waals surface area contributed by atoms with Crippen molar-refractivity contribution in [1.29, 1.82) is 0 Å². The molecule has 0 bridgehead atoms. The van der Waals surface area contributed by atoms with Crippen molar-refractivity contribution in [3.8, 4) is 5.75 Å². The van der Waals surface area contributed by atoms with Crippen LogP contribution >= 0.6 is 11.8 Å². The van der Waals surface area contributed by atoms with Crippen molar-refractivity contribution in [1.82, 2.24) is 9.55 Å². The molecule has 17 heavy (non-hydrogen) atoms. The first kappa shape index (κ1) is 11.9. The number of anilines is 1. The van der Waals surface area contributed by atoms with Crippen molar-refractivity contribution in [3.05, 3.63) is 36.2 Å². The molecule has 0 aliphatic heterocycles. The highest BCUT2D eigenvalue weighted by Gasteiger charge is 2.03. The second kappa shape index (κ2) is 5.14. The number of methoxy groups -OCH3 is 1. The summed E-state index contributed by atoms with van der Waals surface area (Å²) in [6.07, 6.45) is 3.73. The minimum absolute atomic E-state index is 0.672. The standard InChI is InChI=1S/C12H15N3OS/c1-15-6-5-14-12(15)17-8-9-3-4-11(16-2)10(13)7-9/h3-7H,8,13H2,1-2H3. The summed E-state index contributed by atoms with van der Waals surface area (Å²) < 4.78 is 7.12. The molecule has 4 nitrogen and oxygen atoms in total. The molecule has 0 fully saturated rings. The monoisotopic (exact) mass is 249 g/mol. The number of nitrogen functional groups attached to an aromatic ring is 1. The summed E-state index contributed by atoms with van der Waals surface area (Å²) in [6, 6.07) is 5.85. The Hall–Kier alpha value is -1.62. The topological polar surface area (TPSA) is 53.1 Å². The van der Waals surface area contributed by atoms with Crippen LogP contribution in [0.25, 0.3) is 0 Å². The van der Waals surface area contributed by atoms with Gasteiger partial charge in [-0.3, -0.25) is 0 Å². The van der Waals surface area contributed by atoms with Crippen LogP contribution < -0.4 is 10.5 Å². The van der Waals surface area contributed by atoms with Crippen LogP contribution in [0.15, 0.2) is 35.7 Å². The van der Waals surface area contributed by atoms with Gasteiger partial charge in [0.05, 0.1) is 12.8 Å². The van der Waals surface area contributed by atoms with Crippen LogP contribution in [0.3, 0.4) is 0 Å². The molecule has 0 radical (unpaired) electrons. The fourth-order valence-electron chi connectivity index (χ4n) is 1.51. The van der Waals surface area contributed by atoms with Crippen LogP contribution in [0.4, 0.5) is 5.69 Å². The summed E-state index contributed by atoms with van der Waals surface area (Å²) in [6.45, 7) is 0. The maximum absolute atomic E-state index is 5.86. The van der Waals surface area contributed by atoms with Crippen LogP contribution in [0, 0.1) is 0 Å². The first-order chi connectivity index (χ1) is 8.20. The van der Waals surface area contributed by atoms with Crippen LogP contribution in [-0.2, 0) is 12.8 Å². The zero-order valence-corrected chi connectivity index (χ0v) is 10.7. The van der Waals surface area contributed by atoms with Crippen LogP contribution in [0.2, 0.25) is 0 Å². The summed E-state index contributed by atoms with van der Waals surface area (Å²) in [5.74, 6) is 1.56. The van der Waals surface area contributed by atoms with Gasteiger partial charge in [-0.15, -0.1) is 0 Å². The van der Waals surface area contributed by atoms with E-state index in [1.54, 1.807) is 25.1 Å². The summed E-state index contributed by atoms with van der Waals surface area (Å²) in [4.78, 5) is 4.26. The van der Waals surface area contributed by atoms with Gasteiger partial charge in [0.15, 0.2) is 5.16 Å². The van der Waals surface area contributed by atoms with Crippen LogP contribution in [0.1, 0.15) is 5.56 Å². The quantitative estimate of drug-likeness (QED) is 0.667. The number of hydrogen-bond donors (Lipinski definition) is 1. The highest BCUT2D eigenvalue weighted by Crippen LogP contribution is 2.26. The Morgan fingerprint density at radius 2 is 2.29 bits per heavy atom. The molecule has 0 unspecified atom stereocenters. The highest BCUT2D eigenvalue weighted by molar-refractivity contribution is 7.98. The molecule has 0 aliphatic rings. The number of nitrogens with two attached hydrogens (primary N) is 1. The zero-order chi connectivity index (χ0) is 12.3. The number of nitrogens with zero attached hydrogens (tertiary/aromatic N) is 2. The molecular weight excluding hydrogens is 234 g/mol. The van der Waals surface area contributed by atoms with E-state index in [1.165, 1.54) is 0 Å². The van der Waals surface area contributed by atoms with Gasteiger partial charge in [-0.2, -0.15) is 0 Å². The first-order valence-electron chi connectivity index (χ1n) is 5.23. The molecule has 0 atom stereocenters. The number of thioether (sulfide) groups is 1. The van der Waals surface area contributed by atoms with E-state index in [-0.39, 0.29) is 0 Å². The molecule has 0 saturated heterocycles. The van der Waals surface area contributed by atoms with Crippen molar-refractivity contribution in [2.45, 2.75) is 10.9 Å². The number of hydrogen-bond acceptors (Lipinski definition) is 4. The van der Waals surface area contributed by atoms with E-state index < -0.39 is 0 Å². The van der Waals surface area contributed by atoms with E-state index in [0.29, 0.717) is 5.69 Å². The largest absolute Gasteiger partial charge is 0.495 e. The van der Waals surface area contributed by atoms with Crippen molar-refractivity contribution in [3.63, 3.8) is 0 Å². The third-order valence-corrected chi connectivity index (χ3v) is 3.57. The van der Waals surface area contributed by atoms with Gasteiger partial charge in [0.1, 0.15) is 5.75 Å². The number of aromatic nitrogens is 2. The van der Waals surface area contributed by atoms with E-state index >= 15 is 0 Å². The van der Waals surface area contributed by atoms with Gasteiger partial charge in [0.25, 0.3) is 0 Å². The maximum atomic E-state index is 5.86. The molecule has 1 heterocycles. The Balaban J connectivity index is 2.05. The lowest BCUT2D eigenvalue weighted by molar-refractivity contribution is 0.417. The molecule has 0 amide bonds. The number of benzene rings is 1. The average Bonchev–Trinajstić information content (AvgIpc) is 2.72.